The Balaban J connectivity index is 2.48. The predicted molar refractivity (Wildman–Crippen MR) is 70.8 cm³/mol. The Hall–Kier alpha value is -0.650. The molecule has 1 atom stereocenters. The summed E-state index contributed by atoms with van der Waals surface area (Å²) in [6.07, 6.45) is 2.18. The summed E-state index contributed by atoms with van der Waals surface area (Å²) in [4.78, 5) is 13.6. The van der Waals surface area contributed by atoms with E-state index in [0.717, 1.165) is 25.9 Å². The summed E-state index contributed by atoms with van der Waals surface area (Å²) >= 11 is 0. The number of ether oxygens (including phenoxy) is 1. The Labute approximate surface area is 109 Å². The van der Waals surface area contributed by atoms with Crippen molar-refractivity contribution in [3.8, 4) is 0 Å². The van der Waals surface area contributed by atoms with Gasteiger partial charge in [-0.05, 0) is 33.2 Å². The molecule has 5 heteroatoms. The Morgan fingerprint density at radius 3 is 2.61 bits per heavy atom. The molecule has 1 rings (SSSR count). The number of carboxylic acids is 1. The summed E-state index contributed by atoms with van der Waals surface area (Å²) in [5, 5.41) is 12.6. The molecule has 0 saturated heterocycles. The number of aliphatic carboxylic acids is 1. The number of nitrogens with zero attached hydrogens (tertiary/aromatic N) is 1. The van der Waals surface area contributed by atoms with Gasteiger partial charge in [0, 0.05) is 25.7 Å². The van der Waals surface area contributed by atoms with Crippen LogP contribution in [0.25, 0.3) is 0 Å². The molecule has 0 spiro atoms. The third-order valence-electron chi connectivity index (χ3n) is 3.32. The van der Waals surface area contributed by atoms with Crippen LogP contribution >= 0.6 is 0 Å². The number of nitrogens with one attached hydrogen (secondary N) is 1. The van der Waals surface area contributed by atoms with Crippen molar-refractivity contribution in [3.63, 3.8) is 0 Å². The highest BCUT2D eigenvalue weighted by Crippen LogP contribution is 2.23. The number of hydrogen-bond acceptors (Lipinski definition) is 4. The minimum atomic E-state index is -0.858. The SMILES string of the molecule is CCOCCN(CC)CC(C)(NC1CC1)C(=O)O. The molecule has 0 radical (unpaired) electrons. The molecule has 1 unspecified atom stereocenters. The molecular weight excluding hydrogens is 232 g/mol. The average Bonchev–Trinajstić information content (AvgIpc) is 3.11. The zero-order chi connectivity index (χ0) is 13.6. The topological polar surface area (TPSA) is 61.8 Å². The Morgan fingerprint density at radius 2 is 2.17 bits per heavy atom. The van der Waals surface area contributed by atoms with Gasteiger partial charge in [0.25, 0.3) is 0 Å². The number of hydrogen-bond donors (Lipinski definition) is 2. The first-order valence-corrected chi connectivity index (χ1v) is 6.83. The van der Waals surface area contributed by atoms with E-state index in [1.165, 1.54) is 0 Å². The standard InChI is InChI=1S/C13H26N2O3/c1-4-15(8-9-18-5-2)10-13(3,12(16)17)14-11-6-7-11/h11,14H,4-10H2,1-3H3,(H,16,17). The van der Waals surface area contributed by atoms with Gasteiger partial charge < -0.3 is 9.84 Å². The first-order chi connectivity index (χ1) is 8.51. The number of carbonyl (C=O) groups is 1. The Morgan fingerprint density at radius 1 is 1.50 bits per heavy atom. The summed E-state index contributed by atoms with van der Waals surface area (Å²) in [7, 11) is 0. The lowest BCUT2D eigenvalue weighted by Gasteiger charge is -2.32. The highest BCUT2D eigenvalue weighted by atomic mass is 16.5. The van der Waals surface area contributed by atoms with E-state index in [9.17, 15) is 9.90 Å². The number of likely N-dealkylation sites (N-methyl/N-ethyl adjacent to an activating group) is 1. The second-order valence-electron chi connectivity index (χ2n) is 5.12. The molecule has 2 N–H and O–H groups in total. The van der Waals surface area contributed by atoms with Gasteiger partial charge in [-0.2, -0.15) is 0 Å². The van der Waals surface area contributed by atoms with E-state index in [1.54, 1.807) is 6.92 Å². The van der Waals surface area contributed by atoms with Crippen molar-refractivity contribution < 1.29 is 14.6 Å². The van der Waals surface area contributed by atoms with Crippen LogP contribution in [-0.4, -0.2) is 60.4 Å². The first-order valence-electron chi connectivity index (χ1n) is 6.83. The molecule has 5 nitrogen and oxygen atoms in total. The van der Waals surface area contributed by atoms with Crippen LogP contribution in [0.5, 0.6) is 0 Å². The summed E-state index contributed by atoms with van der Waals surface area (Å²) in [6, 6.07) is 0.386. The summed E-state index contributed by atoms with van der Waals surface area (Å²) in [5.74, 6) is -0.774. The van der Waals surface area contributed by atoms with E-state index >= 15 is 0 Å². The smallest absolute Gasteiger partial charge is 0.324 e. The van der Waals surface area contributed by atoms with Gasteiger partial charge in [0.1, 0.15) is 5.54 Å². The van der Waals surface area contributed by atoms with Gasteiger partial charge in [0.2, 0.25) is 0 Å². The van der Waals surface area contributed by atoms with Crippen LogP contribution in [0.3, 0.4) is 0 Å². The zero-order valence-electron chi connectivity index (χ0n) is 11.7. The van der Waals surface area contributed by atoms with Crippen LogP contribution in [0.2, 0.25) is 0 Å². The van der Waals surface area contributed by atoms with Crippen LogP contribution < -0.4 is 5.32 Å². The predicted octanol–water partition coefficient (Wildman–Crippen LogP) is 0.940. The lowest BCUT2D eigenvalue weighted by atomic mass is 10.0. The summed E-state index contributed by atoms with van der Waals surface area (Å²) in [6.45, 7) is 9.27. The molecule has 0 heterocycles. The molecular formula is C13H26N2O3. The van der Waals surface area contributed by atoms with Gasteiger partial charge in [-0.1, -0.05) is 6.92 Å². The zero-order valence-corrected chi connectivity index (χ0v) is 11.7. The molecule has 0 aromatic heterocycles. The highest BCUT2D eigenvalue weighted by Gasteiger charge is 2.39. The number of carboxylic acid groups (broad SMARTS) is 1. The minimum absolute atomic E-state index is 0.386. The first kappa shape index (κ1) is 15.4. The molecule has 106 valence electrons. The van der Waals surface area contributed by atoms with Gasteiger partial charge in [0.15, 0.2) is 0 Å². The molecule has 0 amide bonds. The second kappa shape index (κ2) is 7.07. The molecule has 1 aliphatic rings. The van der Waals surface area contributed by atoms with Crippen LogP contribution in [0, 0.1) is 0 Å². The fourth-order valence-corrected chi connectivity index (χ4v) is 1.99. The van der Waals surface area contributed by atoms with Crippen molar-refractivity contribution in [2.75, 3.05) is 32.8 Å². The summed E-state index contributed by atoms with van der Waals surface area (Å²) < 4.78 is 5.32. The van der Waals surface area contributed by atoms with E-state index < -0.39 is 11.5 Å². The van der Waals surface area contributed by atoms with Crippen molar-refractivity contribution in [1.82, 2.24) is 10.2 Å². The van der Waals surface area contributed by atoms with E-state index in [-0.39, 0.29) is 0 Å². The van der Waals surface area contributed by atoms with Crippen LogP contribution in [0.1, 0.15) is 33.6 Å². The maximum atomic E-state index is 11.4. The van der Waals surface area contributed by atoms with Crippen LogP contribution in [-0.2, 0) is 9.53 Å². The average molecular weight is 258 g/mol. The molecule has 1 saturated carbocycles. The fourth-order valence-electron chi connectivity index (χ4n) is 1.99. The van der Waals surface area contributed by atoms with E-state index in [4.69, 9.17) is 4.74 Å². The monoisotopic (exact) mass is 258 g/mol. The highest BCUT2D eigenvalue weighted by molar-refractivity contribution is 5.78. The van der Waals surface area contributed by atoms with E-state index in [2.05, 4.69) is 10.2 Å². The van der Waals surface area contributed by atoms with Crippen molar-refractivity contribution in [2.24, 2.45) is 0 Å². The maximum absolute atomic E-state index is 11.4. The minimum Gasteiger partial charge on any atom is -0.480 e. The number of rotatable bonds is 10. The second-order valence-corrected chi connectivity index (χ2v) is 5.12. The van der Waals surface area contributed by atoms with Gasteiger partial charge >= 0.3 is 5.97 Å². The Bertz CT molecular complexity index is 269. The normalized spacial score (nSPS) is 18.9. The van der Waals surface area contributed by atoms with Gasteiger partial charge in [0.05, 0.1) is 6.61 Å². The van der Waals surface area contributed by atoms with Gasteiger partial charge in [-0.3, -0.25) is 15.0 Å². The molecule has 0 bridgehead atoms. The third kappa shape index (κ3) is 4.92. The molecule has 1 fully saturated rings. The molecule has 18 heavy (non-hydrogen) atoms. The van der Waals surface area contributed by atoms with E-state index in [1.807, 2.05) is 13.8 Å². The quantitative estimate of drug-likeness (QED) is 0.571. The molecule has 0 aromatic rings. The van der Waals surface area contributed by atoms with Gasteiger partial charge in [-0.15, -0.1) is 0 Å². The fraction of sp³-hybridized carbons (Fsp3) is 0.923. The lowest BCUT2D eigenvalue weighted by Crippen LogP contribution is -2.58. The van der Waals surface area contributed by atoms with Crippen LogP contribution in [0.15, 0.2) is 0 Å². The van der Waals surface area contributed by atoms with Crippen LogP contribution in [0.4, 0.5) is 0 Å². The molecule has 1 aliphatic carbocycles. The van der Waals surface area contributed by atoms with Gasteiger partial charge in [-0.25, -0.2) is 0 Å². The van der Waals surface area contributed by atoms with E-state index in [0.29, 0.717) is 25.8 Å². The Kier molecular flexibility index (Phi) is 6.05. The third-order valence-corrected chi connectivity index (χ3v) is 3.32. The molecule has 0 aliphatic heterocycles. The van der Waals surface area contributed by atoms with Crippen molar-refractivity contribution in [1.29, 1.82) is 0 Å². The molecule has 0 aromatic carbocycles. The lowest BCUT2D eigenvalue weighted by molar-refractivity contribution is -0.145. The van der Waals surface area contributed by atoms with Crippen molar-refractivity contribution in [2.45, 2.75) is 45.2 Å². The van der Waals surface area contributed by atoms with Crippen molar-refractivity contribution >= 4 is 5.97 Å². The van der Waals surface area contributed by atoms with Crippen molar-refractivity contribution in [3.05, 3.63) is 0 Å². The summed E-state index contributed by atoms with van der Waals surface area (Å²) in [5.41, 5.74) is -0.858. The maximum Gasteiger partial charge on any atom is 0.324 e. The largest absolute Gasteiger partial charge is 0.480 e.